The van der Waals surface area contributed by atoms with Gasteiger partial charge in [0.1, 0.15) is 17.0 Å². The number of rotatable bonds is 0. The van der Waals surface area contributed by atoms with E-state index in [1.54, 1.807) is 18.3 Å². The molecular weight excluding hydrogens is 211 g/mol. The average molecular weight is 218 g/mol. The molecule has 0 saturated carbocycles. The highest BCUT2D eigenvalue weighted by atomic mass is 19.1. The van der Waals surface area contributed by atoms with Crippen LogP contribution >= 0.6 is 0 Å². The summed E-state index contributed by atoms with van der Waals surface area (Å²) < 4.78 is 14.7. The van der Waals surface area contributed by atoms with Gasteiger partial charge in [0.25, 0.3) is 5.56 Å². The molecule has 0 radical (unpaired) electrons. The summed E-state index contributed by atoms with van der Waals surface area (Å²) >= 11 is 0. The minimum absolute atomic E-state index is 0.176. The Hall–Kier alpha value is -2.17. The van der Waals surface area contributed by atoms with Crippen molar-refractivity contribution in [2.24, 2.45) is 0 Å². The number of carbonyl (C=O) groups is 1. The Labute approximate surface area is 89.0 Å². The first kappa shape index (κ1) is 9.08. The van der Waals surface area contributed by atoms with E-state index in [1.165, 1.54) is 10.5 Å². The van der Waals surface area contributed by atoms with Gasteiger partial charge in [0.2, 0.25) is 0 Å². The molecule has 0 fully saturated rings. The van der Waals surface area contributed by atoms with Crippen LogP contribution in [-0.4, -0.2) is 15.2 Å². The van der Waals surface area contributed by atoms with Gasteiger partial charge in [-0.05, 0) is 18.2 Å². The van der Waals surface area contributed by atoms with Gasteiger partial charge < -0.3 is 9.38 Å². The first-order valence-electron chi connectivity index (χ1n) is 4.79. The van der Waals surface area contributed by atoms with E-state index in [1.807, 2.05) is 0 Å². The van der Waals surface area contributed by atoms with Crippen LogP contribution in [0.2, 0.25) is 0 Å². The fourth-order valence-electron chi connectivity index (χ4n) is 1.93. The lowest BCUT2D eigenvalue weighted by atomic mass is 10.1. The Morgan fingerprint density at radius 3 is 3.00 bits per heavy atom. The summed E-state index contributed by atoms with van der Waals surface area (Å²) in [6.45, 7) is 0. The van der Waals surface area contributed by atoms with Gasteiger partial charge in [-0.3, -0.25) is 9.59 Å². The molecule has 1 N–H and O–H groups in total. The number of fused-ring (bicyclic) bond motifs is 3. The van der Waals surface area contributed by atoms with Gasteiger partial charge in [-0.2, -0.15) is 0 Å². The van der Waals surface area contributed by atoms with Crippen LogP contribution in [0.25, 0.3) is 11.6 Å². The largest absolute Gasteiger partial charge is 0.316 e. The third kappa shape index (κ3) is 1.08. The summed E-state index contributed by atoms with van der Waals surface area (Å²) in [4.78, 5) is 25.6. The standard InChI is InChI=1S/C11H7FN2O2/c12-6-4-8-10(9(15)5-6)13-11(16)7-2-1-3-14(7)8/h1-4H,5H2,(H,13,16). The van der Waals surface area contributed by atoms with Crippen LogP contribution in [0.15, 0.2) is 29.0 Å². The van der Waals surface area contributed by atoms with Crippen molar-refractivity contribution in [1.82, 2.24) is 9.38 Å². The lowest BCUT2D eigenvalue weighted by Crippen LogP contribution is -2.21. The summed E-state index contributed by atoms with van der Waals surface area (Å²) in [6.07, 6.45) is 2.63. The number of allylic oxidation sites excluding steroid dienone is 1. The number of halogens is 1. The van der Waals surface area contributed by atoms with E-state index in [-0.39, 0.29) is 17.7 Å². The van der Waals surface area contributed by atoms with Crippen LogP contribution in [0.3, 0.4) is 0 Å². The molecule has 1 aliphatic carbocycles. The van der Waals surface area contributed by atoms with Crippen molar-refractivity contribution in [1.29, 1.82) is 0 Å². The zero-order chi connectivity index (χ0) is 11.3. The molecule has 5 heteroatoms. The van der Waals surface area contributed by atoms with Crippen LogP contribution in [0.5, 0.6) is 0 Å². The molecule has 0 unspecified atom stereocenters. The SMILES string of the molecule is O=C1CC(F)=Cc2c1[nH]c(=O)c1cccn21. The van der Waals surface area contributed by atoms with E-state index < -0.39 is 11.6 Å². The second kappa shape index (κ2) is 2.91. The molecule has 2 heterocycles. The Bertz CT molecular complexity index is 694. The molecular formula is C11H7FN2O2. The van der Waals surface area contributed by atoms with Crippen LogP contribution < -0.4 is 5.56 Å². The highest BCUT2D eigenvalue weighted by Gasteiger charge is 2.22. The fourth-order valence-corrected chi connectivity index (χ4v) is 1.93. The van der Waals surface area contributed by atoms with Gasteiger partial charge in [0.15, 0.2) is 5.78 Å². The molecule has 80 valence electrons. The summed E-state index contributed by atoms with van der Waals surface area (Å²) in [7, 11) is 0. The first-order chi connectivity index (χ1) is 7.66. The number of Topliss-reactive ketones (excluding diaryl/α,β-unsaturated/α-hetero) is 1. The number of aromatic amines is 1. The summed E-state index contributed by atoms with van der Waals surface area (Å²) in [5.41, 5.74) is 0.633. The second-order valence-corrected chi connectivity index (χ2v) is 3.67. The molecule has 0 saturated heterocycles. The Balaban J connectivity index is 2.52. The van der Waals surface area contributed by atoms with Crippen molar-refractivity contribution in [3.8, 4) is 0 Å². The van der Waals surface area contributed by atoms with Gasteiger partial charge in [0, 0.05) is 6.20 Å². The molecule has 0 aliphatic heterocycles. The number of H-pyrrole nitrogens is 1. The average Bonchev–Trinajstić information content (AvgIpc) is 2.69. The number of aromatic nitrogens is 2. The number of nitrogens with one attached hydrogen (secondary N) is 1. The molecule has 16 heavy (non-hydrogen) atoms. The minimum Gasteiger partial charge on any atom is -0.316 e. The molecule has 3 rings (SSSR count). The number of nitrogens with zero attached hydrogens (tertiary/aromatic N) is 1. The molecule has 2 aromatic heterocycles. The summed E-state index contributed by atoms with van der Waals surface area (Å²) in [5, 5.41) is 0. The Morgan fingerprint density at radius 2 is 2.19 bits per heavy atom. The monoisotopic (exact) mass is 218 g/mol. The van der Waals surface area contributed by atoms with Crippen molar-refractivity contribution in [3.05, 3.63) is 45.9 Å². The molecule has 4 nitrogen and oxygen atoms in total. The molecule has 0 bridgehead atoms. The van der Waals surface area contributed by atoms with E-state index in [4.69, 9.17) is 0 Å². The van der Waals surface area contributed by atoms with Gasteiger partial charge in [-0.1, -0.05) is 0 Å². The Morgan fingerprint density at radius 1 is 1.38 bits per heavy atom. The highest BCUT2D eigenvalue weighted by Crippen LogP contribution is 2.22. The van der Waals surface area contributed by atoms with Crippen molar-refractivity contribution in [2.75, 3.05) is 0 Å². The molecule has 2 aromatic rings. The van der Waals surface area contributed by atoms with Crippen LogP contribution in [0.4, 0.5) is 4.39 Å². The topological polar surface area (TPSA) is 54.3 Å². The van der Waals surface area contributed by atoms with E-state index in [9.17, 15) is 14.0 Å². The van der Waals surface area contributed by atoms with Gasteiger partial charge >= 0.3 is 0 Å². The fraction of sp³-hybridized carbons (Fsp3) is 0.0909. The summed E-state index contributed by atoms with van der Waals surface area (Å²) in [5.74, 6) is -0.887. The van der Waals surface area contributed by atoms with E-state index in [0.717, 1.165) is 0 Å². The minimum atomic E-state index is -0.487. The lowest BCUT2D eigenvalue weighted by molar-refractivity contribution is 0.0979. The maximum atomic E-state index is 13.2. The molecule has 0 atom stereocenters. The first-order valence-corrected chi connectivity index (χ1v) is 4.79. The molecule has 0 amide bonds. The van der Waals surface area contributed by atoms with Crippen molar-refractivity contribution < 1.29 is 9.18 Å². The van der Waals surface area contributed by atoms with Gasteiger partial charge in [-0.15, -0.1) is 0 Å². The zero-order valence-electron chi connectivity index (χ0n) is 8.16. The van der Waals surface area contributed by atoms with E-state index in [0.29, 0.717) is 11.2 Å². The van der Waals surface area contributed by atoms with Crippen molar-refractivity contribution in [2.45, 2.75) is 6.42 Å². The van der Waals surface area contributed by atoms with Gasteiger partial charge in [-0.25, -0.2) is 4.39 Å². The number of hydrogen-bond donors (Lipinski definition) is 1. The van der Waals surface area contributed by atoms with Crippen LogP contribution in [0.1, 0.15) is 22.6 Å². The normalized spacial score (nSPS) is 15.1. The predicted octanol–water partition coefficient (Wildman–Crippen LogP) is 1.52. The van der Waals surface area contributed by atoms with Crippen LogP contribution in [-0.2, 0) is 0 Å². The van der Waals surface area contributed by atoms with Crippen LogP contribution in [0, 0.1) is 0 Å². The third-order valence-corrected chi connectivity index (χ3v) is 2.64. The zero-order valence-corrected chi connectivity index (χ0v) is 8.16. The highest BCUT2D eigenvalue weighted by molar-refractivity contribution is 6.01. The number of hydrogen-bond acceptors (Lipinski definition) is 2. The smallest absolute Gasteiger partial charge is 0.272 e. The second-order valence-electron chi connectivity index (χ2n) is 3.67. The van der Waals surface area contributed by atoms with Crippen molar-refractivity contribution >= 4 is 17.4 Å². The summed E-state index contributed by atoms with van der Waals surface area (Å²) in [6, 6.07) is 3.29. The quantitative estimate of drug-likeness (QED) is 0.728. The number of carbonyl (C=O) groups excluding carboxylic acids is 1. The number of ketones is 1. The molecule has 0 spiro atoms. The maximum Gasteiger partial charge on any atom is 0.272 e. The van der Waals surface area contributed by atoms with Gasteiger partial charge in [0.05, 0.1) is 12.1 Å². The Kier molecular flexibility index (Phi) is 1.65. The molecule has 0 aromatic carbocycles. The lowest BCUT2D eigenvalue weighted by Gasteiger charge is -2.12. The maximum absolute atomic E-state index is 13.2. The van der Waals surface area contributed by atoms with Crippen molar-refractivity contribution in [3.63, 3.8) is 0 Å². The van der Waals surface area contributed by atoms with E-state index >= 15 is 0 Å². The third-order valence-electron chi connectivity index (χ3n) is 2.64. The molecule has 1 aliphatic rings. The predicted molar refractivity (Wildman–Crippen MR) is 56.1 cm³/mol. The van der Waals surface area contributed by atoms with E-state index in [2.05, 4.69) is 4.98 Å².